The van der Waals surface area contributed by atoms with Crippen LogP contribution >= 0.6 is 0 Å². The summed E-state index contributed by atoms with van der Waals surface area (Å²) < 4.78 is 25.9. The highest BCUT2D eigenvalue weighted by molar-refractivity contribution is 7.89. The van der Waals surface area contributed by atoms with Crippen LogP contribution in [0.4, 0.5) is 0 Å². The minimum Gasteiger partial charge on any atom is -0.313 e. The zero-order valence-electron chi connectivity index (χ0n) is 10.3. The molecule has 0 aliphatic heterocycles. The molecule has 1 aromatic heterocycles. The molecule has 1 heterocycles. The van der Waals surface area contributed by atoms with Crippen LogP contribution in [0.1, 0.15) is 18.5 Å². The first-order valence-electron chi connectivity index (χ1n) is 6.26. The van der Waals surface area contributed by atoms with Crippen molar-refractivity contribution in [2.24, 2.45) is 0 Å². The van der Waals surface area contributed by atoms with Gasteiger partial charge in [0.05, 0.1) is 5.75 Å². The van der Waals surface area contributed by atoms with E-state index in [0.29, 0.717) is 25.6 Å². The van der Waals surface area contributed by atoms with Crippen LogP contribution < -0.4 is 10.0 Å². The average Bonchev–Trinajstić information content (AvgIpc) is 3.14. The van der Waals surface area contributed by atoms with E-state index in [4.69, 9.17) is 0 Å². The van der Waals surface area contributed by atoms with Gasteiger partial charge in [-0.3, -0.25) is 4.98 Å². The molecule has 0 atom stereocenters. The van der Waals surface area contributed by atoms with Crippen molar-refractivity contribution in [2.75, 3.05) is 18.8 Å². The monoisotopic (exact) mass is 269 g/mol. The molecule has 0 unspecified atom stereocenters. The Balaban J connectivity index is 1.64. The van der Waals surface area contributed by atoms with E-state index in [0.717, 1.165) is 5.69 Å². The van der Waals surface area contributed by atoms with Crippen molar-refractivity contribution in [1.29, 1.82) is 0 Å². The lowest BCUT2D eigenvalue weighted by atomic mass is 10.3. The predicted octanol–water partition coefficient (Wildman–Crippen LogP) is 0.296. The molecule has 1 saturated carbocycles. The van der Waals surface area contributed by atoms with E-state index in [1.807, 2.05) is 18.2 Å². The van der Waals surface area contributed by atoms with E-state index in [2.05, 4.69) is 15.0 Å². The normalized spacial score (nSPS) is 15.8. The summed E-state index contributed by atoms with van der Waals surface area (Å²) in [6.45, 7) is 0.937. The summed E-state index contributed by atoms with van der Waals surface area (Å²) in [4.78, 5) is 4.14. The van der Waals surface area contributed by atoms with Crippen molar-refractivity contribution < 1.29 is 8.42 Å². The molecule has 0 radical (unpaired) electrons. The molecule has 2 rings (SSSR count). The highest BCUT2D eigenvalue weighted by Gasteiger charge is 2.20. The van der Waals surface area contributed by atoms with Crippen LogP contribution in [0.5, 0.6) is 0 Å². The largest absolute Gasteiger partial charge is 0.313 e. The molecule has 1 aliphatic carbocycles. The fourth-order valence-electron chi connectivity index (χ4n) is 1.64. The first-order chi connectivity index (χ1) is 8.66. The molecule has 18 heavy (non-hydrogen) atoms. The van der Waals surface area contributed by atoms with Crippen LogP contribution in [0.2, 0.25) is 0 Å². The second-order valence-corrected chi connectivity index (χ2v) is 6.44. The van der Waals surface area contributed by atoms with Gasteiger partial charge in [-0.05, 0) is 25.0 Å². The van der Waals surface area contributed by atoms with Gasteiger partial charge in [0.2, 0.25) is 10.0 Å². The van der Waals surface area contributed by atoms with Gasteiger partial charge >= 0.3 is 0 Å². The van der Waals surface area contributed by atoms with Crippen LogP contribution in [0.15, 0.2) is 24.4 Å². The van der Waals surface area contributed by atoms with Crippen molar-refractivity contribution in [3.8, 4) is 0 Å². The Labute approximate surface area is 108 Å². The Morgan fingerprint density at radius 2 is 2.11 bits per heavy atom. The summed E-state index contributed by atoms with van der Waals surface area (Å²) in [5.41, 5.74) is 0.899. The molecule has 1 aliphatic rings. The fraction of sp³-hybridized carbons (Fsp3) is 0.583. The Morgan fingerprint density at radius 3 is 2.78 bits per heavy atom. The first-order valence-corrected chi connectivity index (χ1v) is 7.91. The van der Waals surface area contributed by atoms with Gasteiger partial charge in [0.15, 0.2) is 0 Å². The van der Waals surface area contributed by atoms with Gasteiger partial charge in [-0.2, -0.15) is 0 Å². The number of aromatic nitrogens is 1. The number of rotatable bonds is 8. The summed E-state index contributed by atoms with van der Waals surface area (Å²) in [5, 5.41) is 3.19. The molecule has 0 aromatic carbocycles. The van der Waals surface area contributed by atoms with Crippen LogP contribution in [0.3, 0.4) is 0 Å². The van der Waals surface area contributed by atoms with Crippen LogP contribution in [-0.2, 0) is 16.4 Å². The third kappa shape index (κ3) is 5.12. The van der Waals surface area contributed by atoms with Crippen molar-refractivity contribution in [3.05, 3.63) is 30.1 Å². The number of sulfonamides is 1. The third-order valence-electron chi connectivity index (χ3n) is 2.81. The van der Waals surface area contributed by atoms with Gasteiger partial charge in [0, 0.05) is 37.4 Å². The zero-order chi connectivity index (χ0) is 12.8. The second kappa shape index (κ2) is 6.26. The number of nitrogens with zero attached hydrogens (tertiary/aromatic N) is 1. The minimum atomic E-state index is -3.16. The molecule has 0 bridgehead atoms. The highest BCUT2D eigenvalue weighted by atomic mass is 32.2. The van der Waals surface area contributed by atoms with E-state index in [1.165, 1.54) is 12.8 Å². The molecular weight excluding hydrogens is 250 g/mol. The van der Waals surface area contributed by atoms with Gasteiger partial charge in [-0.25, -0.2) is 13.1 Å². The Morgan fingerprint density at radius 1 is 1.28 bits per heavy atom. The SMILES string of the molecule is O=S(=O)(CCNC1CC1)NCCc1ccccn1. The van der Waals surface area contributed by atoms with Gasteiger partial charge in [-0.15, -0.1) is 0 Å². The van der Waals surface area contributed by atoms with Crippen LogP contribution in [0, 0.1) is 0 Å². The van der Waals surface area contributed by atoms with Gasteiger partial charge in [0.25, 0.3) is 0 Å². The minimum absolute atomic E-state index is 0.145. The van der Waals surface area contributed by atoms with Gasteiger partial charge in [-0.1, -0.05) is 6.07 Å². The van der Waals surface area contributed by atoms with E-state index in [1.54, 1.807) is 6.20 Å². The molecule has 1 fully saturated rings. The van der Waals surface area contributed by atoms with Gasteiger partial charge < -0.3 is 5.32 Å². The van der Waals surface area contributed by atoms with Crippen molar-refractivity contribution >= 4 is 10.0 Å². The molecule has 0 spiro atoms. The van der Waals surface area contributed by atoms with Crippen molar-refractivity contribution in [3.63, 3.8) is 0 Å². The molecule has 0 amide bonds. The summed E-state index contributed by atoms with van der Waals surface area (Å²) in [5.74, 6) is 0.145. The molecule has 5 nitrogen and oxygen atoms in total. The number of hydrogen-bond acceptors (Lipinski definition) is 4. The lowest BCUT2D eigenvalue weighted by Gasteiger charge is -2.07. The Hall–Kier alpha value is -0.980. The maximum atomic E-state index is 11.7. The Bertz CT molecular complexity index is 457. The van der Waals surface area contributed by atoms with E-state index in [-0.39, 0.29) is 5.75 Å². The topological polar surface area (TPSA) is 71.1 Å². The summed E-state index contributed by atoms with van der Waals surface area (Å²) in [6.07, 6.45) is 4.68. The van der Waals surface area contributed by atoms with Crippen molar-refractivity contribution in [1.82, 2.24) is 15.0 Å². The fourth-order valence-corrected chi connectivity index (χ4v) is 2.58. The Kier molecular flexibility index (Phi) is 4.68. The molecule has 6 heteroatoms. The summed E-state index contributed by atoms with van der Waals surface area (Å²) in [7, 11) is -3.16. The first kappa shape index (κ1) is 13.5. The maximum absolute atomic E-state index is 11.7. The average molecular weight is 269 g/mol. The van der Waals surface area contributed by atoms with Crippen LogP contribution in [-0.4, -0.2) is 38.3 Å². The molecular formula is C12H19N3O2S. The molecule has 0 saturated heterocycles. The maximum Gasteiger partial charge on any atom is 0.212 e. The lowest BCUT2D eigenvalue weighted by molar-refractivity contribution is 0.576. The third-order valence-corrected chi connectivity index (χ3v) is 4.20. The number of hydrogen-bond donors (Lipinski definition) is 2. The van der Waals surface area contributed by atoms with E-state index >= 15 is 0 Å². The smallest absolute Gasteiger partial charge is 0.212 e. The molecule has 2 N–H and O–H groups in total. The highest BCUT2D eigenvalue weighted by Crippen LogP contribution is 2.17. The number of pyridine rings is 1. The summed E-state index contributed by atoms with van der Waals surface area (Å²) >= 11 is 0. The quantitative estimate of drug-likeness (QED) is 0.712. The van der Waals surface area contributed by atoms with Crippen LogP contribution in [0.25, 0.3) is 0 Å². The van der Waals surface area contributed by atoms with Crippen molar-refractivity contribution in [2.45, 2.75) is 25.3 Å². The summed E-state index contributed by atoms with van der Waals surface area (Å²) in [6, 6.07) is 6.19. The predicted molar refractivity (Wildman–Crippen MR) is 70.8 cm³/mol. The molecule has 1 aromatic rings. The standard InChI is InChI=1S/C12H19N3O2S/c16-18(17,10-9-14-12-4-5-12)15-8-6-11-3-1-2-7-13-11/h1-3,7,12,14-15H,4-6,8-10H2. The molecule has 100 valence electrons. The van der Waals surface area contributed by atoms with E-state index < -0.39 is 10.0 Å². The lowest BCUT2D eigenvalue weighted by Crippen LogP contribution is -2.33. The van der Waals surface area contributed by atoms with E-state index in [9.17, 15) is 8.42 Å². The van der Waals surface area contributed by atoms with Gasteiger partial charge in [0.1, 0.15) is 0 Å². The number of nitrogens with one attached hydrogen (secondary N) is 2. The zero-order valence-corrected chi connectivity index (χ0v) is 11.1. The second-order valence-electron chi connectivity index (χ2n) is 4.51.